The summed E-state index contributed by atoms with van der Waals surface area (Å²) in [7, 11) is 4.08. The number of pyridine rings is 1. The first-order chi connectivity index (χ1) is 18.3. The van der Waals surface area contributed by atoms with E-state index in [1.54, 1.807) is 4.68 Å². The molecule has 0 fully saturated rings. The molecule has 0 spiro atoms. The number of benzene rings is 2. The molecule has 9 heteroatoms. The number of aryl methyl sites for hydroxylation is 1. The maximum atomic E-state index is 12.4. The summed E-state index contributed by atoms with van der Waals surface area (Å²) in [6.45, 7) is 5.66. The average molecular weight is 513 g/mol. The van der Waals surface area contributed by atoms with Crippen molar-refractivity contribution in [2.45, 2.75) is 13.8 Å². The number of carbonyl (C=O) groups excluding carboxylic acids is 2. The Morgan fingerprint density at radius 2 is 1.66 bits per heavy atom. The molecule has 0 amide bonds. The van der Waals surface area contributed by atoms with Crippen molar-refractivity contribution in [1.29, 1.82) is 0 Å². The number of nitrogens with zero attached hydrogens (tertiary/aromatic N) is 4. The van der Waals surface area contributed by atoms with Crippen LogP contribution in [0.5, 0.6) is 17.2 Å². The SMILES string of the molecule is Cc1ccc(-n2nc(-c3ccc(OCC(C)CN(C)C)cc3)c3c4c(cnc32)OC(=O)/C=C\C(=O)O4)cc1. The molecule has 0 bridgehead atoms. The molecular weight excluding hydrogens is 484 g/mol. The fourth-order valence-electron chi connectivity index (χ4n) is 4.32. The molecule has 2 aromatic heterocycles. The fourth-order valence-corrected chi connectivity index (χ4v) is 4.32. The van der Waals surface area contributed by atoms with Gasteiger partial charge in [0, 0.05) is 30.2 Å². The molecule has 38 heavy (non-hydrogen) atoms. The summed E-state index contributed by atoms with van der Waals surface area (Å²) in [5.41, 5.74) is 3.61. The molecule has 0 saturated carbocycles. The molecule has 1 atom stereocenters. The number of rotatable bonds is 7. The summed E-state index contributed by atoms with van der Waals surface area (Å²) < 4.78 is 18.7. The molecule has 0 N–H and O–H groups in total. The zero-order valence-corrected chi connectivity index (χ0v) is 21.7. The van der Waals surface area contributed by atoms with Gasteiger partial charge >= 0.3 is 11.9 Å². The van der Waals surface area contributed by atoms with Gasteiger partial charge in [-0.05, 0) is 57.4 Å². The lowest BCUT2D eigenvalue weighted by molar-refractivity contribution is -0.133. The number of esters is 2. The summed E-state index contributed by atoms with van der Waals surface area (Å²) in [6.07, 6.45) is 3.42. The van der Waals surface area contributed by atoms with Crippen LogP contribution in [0.4, 0.5) is 0 Å². The third-order valence-electron chi connectivity index (χ3n) is 6.00. The second-order valence-electron chi connectivity index (χ2n) is 9.62. The highest BCUT2D eigenvalue weighted by molar-refractivity contribution is 6.03. The Morgan fingerprint density at radius 3 is 2.34 bits per heavy atom. The zero-order valence-electron chi connectivity index (χ0n) is 21.7. The van der Waals surface area contributed by atoms with Crippen LogP contribution in [0.2, 0.25) is 0 Å². The van der Waals surface area contributed by atoms with Crippen LogP contribution in [0, 0.1) is 12.8 Å². The molecule has 0 aliphatic carbocycles. The van der Waals surface area contributed by atoms with Gasteiger partial charge < -0.3 is 19.1 Å². The Hall–Kier alpha value is -4.50. The first kappa shape index (κ1) is 25.2. The van der Waals surface area contributed by atoms with E-state index >= 15 is 0 Å². The summed E-state index contributed by atoms with van der Waals surface area (Å²) in [5.74, 6) is -0.151. The molecule has 5 rings (SSSR count). The molecule has 0 saturated heterocycles. The summed E-state index contributed by atoms with van der Waals surface area (Å²) >= 11 is 0. The summed E-state index contributed by atoms with van der Waals surface area (Å²) in [5, 5.41) is 5.31. The fraction of sp³-hybridized carbons (Fsp3) is 0.241. The van der Waals surface area contributed by atoms with Crippen molar-refractivity contribution < 1.29 is 23.8 Å². The standard InChI is InChI=1S/C29H28N4O5/c1-18-5-9-21(10-6-18)33-29-26(28-23(15-30-29)37-24(34)13-14-25(35)38-28)27(31-33)20-7-11-22(12-8-20)36-17-19(2)16-32(3)4/h5-15,19H,16-17H2,1-4H3/b14-13-. The summed E-state index contributed by atoms with van der Waals surface area (Å²) in [4.78, 5) is 31.2. The van der Waals surface area contributed by atoms with Crippen molar-refractivity contribution in [2.75, 3.05) is 27.2 Å². The van der Waals surface area contributed by atoms with E-state index in [4.69, 9.17) is 19.3 Å². The van der Waals surface area contributed by atoms with Crippen LogP contribution < -0.4 is 14.2 Å². The van der Waals surface area contributed by atoms with Crippen molar-refractivity contribution in [3.63, 3.8) is 0 Å². The monoisotopic (exact) mass is 512 g/mol. The smallest absolute Gasteiger partial charge is 0.336 e. The maximum Gasteiger partial charge on any atom is 0.336 e. The minimum atomic E-state index is -0.694. The number of ether oxygens (including phenoxy) is 3. The average Bonchev–Trinajstić information content (AvgIpc) is 3.27. The second-order valence-corrected chi connectivity index (χ2v) is 9.62. The van der Waals surface area contributed by atoms with E-state index in [0.717, 1.165) is 41.3 Å². The topological polar surface area (TPSA) is 95.8 Å². The van der Waals surface area contributed by atoms with Crippen LogP contribution in [0.15, 0.2) is 66.9 Å². The molecular formula is C29H28N4O5. The van der Waals surface area contributed by atoms with Crippen LogP contribution in [0.3, 0.4) is 0 Å². The number of fused-ring (bicyclic) bond motifs is 3. The quantitative estimate of drug-likeness (QED) is 0.337. The molecule has 1 aliphatic rings. The molecule has 1 aliphatic heterocycles. The Labute approximate surface area is 220 Å². The third kappa shape index (κ3) is 5.28. The molecule has 3 heterocycles. The Balaban J connectivity index is 1.60. The summed E-state index contributed by atoms with van der Waals surface area (Å²) in [6, 6.07) is 15.4. The van der Waals surface area contributed by atoms with Gasteiger partial charge in [0.25, 0.3) is 0 Å². The first-order valence-corrected chi connectivity index (χ1v) is 12.3. The van der Waals surface area contributed by atoms with Crippen molar-refractivity contribution in [2.24, 2.45) is 5.92 Å². The minimum Gasteiger partial charge on any atom is -0.493 e. The number of aromatic nitrogens is 3. The lowest BCUT2D eigenvalue weighted by Crippen LogP contribution is -2.24. The predicted octanol–water partition coefficient (Wildman–Crippen LogP) is 4.35. The van der Waals surface area contributed by atoms with Gasteiger partial charge in [-0.15, -0.1) is 0 Å². The first-order valence-electron chi connectivity index (χ1n) is 12.3. The third-order valence-corrected chi connectivity index (χ3v) is 6.00. The number of hydrogen-bond acceptors (Lipinski definition) is 8. The zero-order chi connectivity index (χ0) is 26.8. The van der Waals surface area contributed by atoms with Gasteiger partial charge in [-0.25, -0.2) is 19.3 Å². The number of hydrogen-bond donors (Lipinski definition) is 0. The molecule has 1 unspecified atom stereocenters. The minimum absolute atomic E-state index is 0.0414. The van der Waals surface area contributed by atoms with Crippen molar-refractivity contribution >= 4 is 23.0 Å². The van der Waals surface area contributed by atoms with Gasteiger partial charge in [0.15, 0.2) is 17.1 Å². The highest BCUT2D eigenvalue weighted by Gasteiger charge is 2.26. The van der Waals surface area contributed by atoms with Gasteiger partial charge in [0.05, 0.1) is 23.9 Å². The highest BCUT2D eigenvalue weighted by Crippen LogP contribution is 2.42. The molecule has 4 aromatic rings. The van der Waals surface area contributed by atoms with Gasteiger partial charge in [-0.2, -0.15) is 5.10 Å². The molecule has 9 nitrogen and oxygen atoms in total. The number of carbonyl (C=O) groups is 2. The van der Waals surface area contributed by atoms with Crippen LogP contribution >= 0.6 is 0 Å². The van der Waals surface area contributed by atoms with Crippen LogP contribution in [-0.2, 0) is 9.59 Å². The normalized spacial score (nSPS) is 14.9. The Bertz CT molecular complexity index is 1520. The lowest BCUT2D eigenvalue weighted by Gasteiger charge is -2.17. The van der Waals surface area contributed by atoms with E-state index in [9.17, 15) is 9.59 Å². The molecule has 2 aromatic carbocycles. The largest absolute Gasteiger partial charge is 0.493 e. The van der Waals surface area contributed by atoms with Crippen LogP contribution in [0.25, 0.3) is 28.0 Å². The molecule has 0 radical (unpaired) electrons. The van der Waals surface area contributed by atoms with Crippen LogP contribution in [0.1, 0.15) is 12.5 Å². The van der Waals surface area contributed by atoms with E-state index in [-0.39, 0.29) is 11.5 Å². The van der Waals surface area contributed by atoms with Crippen molar-refractivity contribution in [3.05, 3.63) is 72.4 Å². The van der Waals surface area contributed by atoms with Gasteiger partial charge in [-0.3, -0.25) is 0 Å². The van der Waals surface area contributed by atoms with Gasteiger partial charge in [-0.1, -0.05) is 24.6 Å². The van der Waals surface area contributed by atoms with Crippen molar-refractivity contribution in [3.8, 4) is 34.2 Å². The lowest BCUT2D eigenvalue weighted by atomic mass is 10.1. The Morgan fingerprint density at radius 1 is 0.974 bits per heavy atom. The molecule has 194 valence electrons. The van der Waals surface area contributed by atoms with E-state index in [1.165, 1.54) is 6.20 Å². The van der Waals surface area contributed by atoms with Crippen LogP contribution in [-0.4, -0.2) is 58.8 Å². The van der Waals surface area contributed by atoms with Crippen molar-refractivity contribution in [1.82, 2.24) is 19.7 Å². The predicted molar refractivity (Wildman–Crippen MR) is 143 cm³/mol. The van der Waals surface area contributed by atoms with E-state index in [0.29, 0.717) is 29.3 Å². The van der Waals surface area contributed by atoms with Gasteiger partial charge in [0.1, 0.15) is 11.4 Å². The van der Waals surface area contributed by atoms with E-state index in [2.05, 4.69) is 16.8 Å². The van der Waals surface area contributed by atoms with Gasteiger partial charge in [0.2, 0.25) is 0 Å². The van der Waals surface area contributed by atoms with E-state index < -0.39 is 11.9 Å². The highest BCUT2D eigenvalue weighted by atomic mass is 16.6. The maximum absolute atomic E-state index is 12.4. The Kier molecular flexibility index (Phi) is 6.93. The second kappa shape index (κ2) is 10.5. The van der Waals surface area contributed by atoms with E-state index in [1.807, 2.05) is 69.6 Å².